The Kier molecular flexibility index (Phi) is 22.2. The second-order valence-corrected chi connectivity index (χ2v) is 3.52. The zero-order valence-corrected chi connectivity index (χ0v) is 13.9. The fourth-order valence-electron chi connectivity index (χ4n) is 1.03. The summed E-state index contributed by atoms with van der Waals surface area (Å²) in [5, 5.41) is 0. The standard InChI is InChI=1S/C6H14O3.2C5H5.Ti/c1-7-3-5-9-6-4-8-2;2*1-2-4-5-3-1;/h3-6H2,1-2H3;2*1-5H;/q;2*-1;. The molecule has 0 bridgehead atoms. The SMILES string of the molecule is COCCOCCOC.[Ti].c1cc[cH-]c1.c1cc[cH-]c1. The normalized spacial score (nSPS) is 8.50. The van der Waals surface area contributed by atoms with Gasteiger partial charge in [0, 0.05) is 35.9 Å². The maximum Gasteiger partial charge on any atom is 0.0701 e. The Morgan fingerprint density at radius 3 is 1.20 bits per heavy atom. The first kappa shape index (κ1) is 21.6. The van der Waals surface area contributed by atoms with Gasteiger partial charge in [-0.2, -0.15) is 36.4 Å². The second kappa shape index (κ2) is 20.6. The molecule has 112 valence electrons. The van der Waals surface area contributed by atoms with Gasteiger partial charge < -0.3 is 14.2 Å². The largest absolute Gasteiger partial charge is 0.382 e. The second-order valence-electron chi connectivity index (χ2n) is 3.52. The van der Waals surface area contributed by atoms with E-state index in [2.05, 4.69) is 0 Å². The minimum absolute atomic E-state index is 0. The van der Waals surface area contributed by atoms with Gasteiger partial charge in [-0.1, -0.05) is 0 Å². The molecule has 0 aliphatic rings. The predicted octanol–water partition coefficient (Wildman–Crippen LogP) is 3.10. The van der Waals surface area contributed by atoms with Crippen molar-refractivity contribution in [3.8, 4) is 0 Å². The third-order valence-corrected chi connectivity index (χ3v) is 1.97. The predicted molar refractivity (Wildman–Crippen MR) is 78.6 cm³/mol. The van der Waals surface area contributed by atoms with Gasteiger partial charge in [0.1, 0.15) is 0 Å². The Bertz CT molecular complexity index is 240. The zero-order valence-electron chi connectivity index (χ0n) is 12.3. The van der Waals surface area contributed by atoms with Crippen molar-refractivity contribution in [2.24, 2.45) is 0 Å². The molecule has 0 aliphatic carbocycles. The summed E-state index contributed by atoms with van der Waals surface area (Å²) >= 11 is 0. The molecule has 4 heteroatoms. The molecule has 0 N–H and O–H groups in total. The van der Waals surface area contributed by atoms with Gasteiger partial charge in [-0.05, 0) is 0 Å². The molecule has 2 rings (SSSR count). The number of ether oxygens (including phenoxy) is 3. The average Bonchev–Trinajstić information content (AvgIpc) is 3.16. The Balaban J connectivity index is 0. The minimum atomic E-state index is 0. The molecule has 2 aromatic rings. The molecule has 0 aliphatic heterocycles. The van der Waals surface area contributed by atoms with E-state index in [1.165, 1.54) is 0 Å². The Labute approximate surface area is 137 Å². The van der Waals surface area contributed by atoms with E-state index in [0.29, 0.717) is 26.4 Å². The van der Waals surface area contributed by atoms with E-state index in [9.17, 15) is 0 Å². The molecule has 3 nitrogen and oxygen atoms in total. The molecule has 0 radical (unpaired) electrons. The van der Waals surface area contributed by atoms with Gasteiger partial charge in [0.05, 0.1) is 26.4 Å². The monoisotopic (exact) mass is 312 g/mol. The van der Waals surface area contributed by atoms with Crippen LogP contribution in [0.25, 0.3) is 0 Å². The molecule has 0 saturated carbocycles. The molecule has 0 atom stereocenters. The third kappa shape index (κ3) is 19.6. The van der Waals surface area contributed by atoms with Crippen molar-refractivity contribution < 1.29 is 35.9 Å². The quantitative estimate of drug-likeness (QED) is 0.466. The first-order valence-corrected chi connectivity index (χ1v) is 6.30. The molecule has 0 aromatic heterocycles. The van der Waals surface area contributed by atoms with Crippen LogP contribution in [0.3, 0.4) is 0 Å². The summed E-state index contributed by atoms with van der Waals surface area (Å²) in [7, 11) is 3.30. The fraction of sp³-hybridized carbons (Fsp3) is 0.375. The topological polar surface area (TPSA) is 27.7 Å². The molecule has 0 unspecified atom stereocenters. The number of hydrogen-bond donors (Lipinski definition) is 0. The van der Waals surface area contributed by atoms with Crippen molar-refractivity contribution in [2.75, 3.05) is 40.6 Å². The zero-order chi connectivity index (χ0) is 14.0. The van der Waals surface area contributed by atoms with Crippen LogP contribution in [0.2, 0.25) is 0 Å². The van der Waals surface area contributed by atoms with Crippen LogP contribution in [-0.2, 0) is 35.9 Å². The summed E-state index contributed by atoms with van der Waals surface area (Å²) in [6.07, 6.45) is 0. The minimum Gasteiger partial charge on any atom is -0.382 e. The third-order valence-electron chi connectivity index (χ3n) is 1.97. The number of rotatable bonds is 6. The molecular formula is C16H24O3Ti-2. The van der Waals surface area contributed by atoms with Crippen LogP contribution >= 0.6 is 0 Å². The summed E-state index contributed by atoms with van der Waals surface area (Å²) in [6, 6.07) is 20.0. The van der Waals surface area contributed by atoms with Crippen LogP contribution in [0.15, 0.2) is 60.7 Å². The van der Waals surface area contributed by atoms with E-state index in [-0.39, 0.29) is 21.7 Å². The van der Waals surface area contributed by atoms with E-state index >= 15 is 0 Å². The molecule has 0 spiro atoms. The van der Waals surface area contributed by atoms with Crippen LogP contribution in [0.4, 0.5) is 0 Å². The van der Waals surface area contributed by atoms with Gasteiger partial charge >= 0.3 is 0 Å². The summed E-state index contributed by atoms with van der Waals surface area (Å²) in [6.45, 7) is 2.62. The van der Waals surface area contributed by atoms with Gasteiger partial charge in [0.25, 0.3) is 0 Å². The van der Waals surface area contributed by atoms with E-state index < -0.39 is 0 Å². The maximum absolute atomic E-state index is 5.06. The maximum atomic E-state index is 5.06. The van der Waals surface area contributed by atoms with Gasteiger partial charge in [-0.15, -0.1) is 0 Å². The smallest absolute Gasteiger partial charge is 0.0701 e. The van der Waals surface area contributed by atoms with Crippen LogP contribution < -0.4 is 0 Å². The summed E-state index contributed by atoms with van der Waals surface area (Å²) in [5.74, 6) is 0. The summed E-state index contributed by atoms with van der Waals surface area (Å²) in [5.41, 5.74) is 0. The number of methoxy groups -OCH3 is 2. The Morgan fingerprint density at radius 1 is 0.650 bits per heavy atom. The summed E-state index contributed by atoms with van der Waals surface area (Å²) in [4.78, 5) is 0. The molecule has 0 heterocycles. The van der Waals surface area contributed by atoms with Crippen molar-refractivity contribution in [3.63, 3.8) is 0 Å². The van der Waals surface area contributed by atoms with Crippen molar-refractivity contribution in [1.82, 2.24) is 0 Å². The molecule has 0 fully saturated rings. The molecule has 20 heavy (non-hydrogen) atoms. The van der Waals surface area contributed by atoms with Gasteiger partial charge in [-0.3, -0.25) is 0 Å². The van der Waals surface area contributed by atoms with Crippen LogP contribution in [0.5, 0.6) is 0 Å². The average molecular weight is 312 g/mol. The van der Waals surface area contributed by atoms with Crippen molar-refractivity contribution in [2.45, 2.75) is 0 Å². The molecule has 0 amide bonds. The molecule has 0 saturated heterocycles. The molecular weight excluding hydrogens is 288 g/mol. The first-order valence-electron chi connectivity index (χ1n) is 6.30. The van der Waals surface area contributed by atoms with Crippen LogP contribution in [-0.4, -0.2) is 40.6 Å². The van der Waals surface area contributed by atoms with Gasteiger partial charge in [0.2, 0.25) is 0 Å². The van der Waals surface area contributed by atoms with Crippen molar-refractivity contribution >= 4 is 0 Å². The number of hydrogen-bond acceptors (Lipinski definition) is 3. The van der Waals surface area contributed by atoms with E-state index in [4.69, 9.17) is 14.2 Å². The van der Waals surface area contributed by atoms with E-state index in [1.807, 2.05) is 60.7 Å². The Morgan fingerprint density at radius 2 is 1.00 bits per heavy atom. The fourth-order valence-corrected chi connectivity index (χ4v) is 1.03. The Hall–Kier alpha value is -0.706. The summed E-state index contributed by atoms with van der Waals surface area (Å²) < 4.78 is 14.6. The first-order chi connectivity index (χ1) is 9.41. The van der Waals surface area contributed by atoms with Crippen LogP contribution in [0, 0.1) is 0 Å². The van der Waals surface area contributed by atoms with E-state index in [0.717, 1.165) is 0 Å². The van der Waals surface area contributed by atoms with Crippen molar-refractivity contribution in [1.29, 1.82) is 0 Å². The van der Waals surface area contributed by atoms with Crippen LogP contribution in [0.1, 0.15) is 0 Å². The van der Waals surface area contributed by atoms with Gasteiger partial charge in [0.15, 0.2) is 0 Å². The van der Waals surface area contributed by atoms with E-state index in [1.54, 1.807) is 14.2 Å². The molecule has 2 aromatic carbocycles. The van der Waals surface area contributed by atoms with Gasteiger partial charge in [-0.25, -0.2) is 24.3 Å². The van der Waals surface area contributed by atoms with Crippen molar-refractivity contribution in [3.05, 3.63) is 60.7 Å².